The number of carbonyl (C=O) groups is 2. The number of benzene rings is 3. The molecule has 4 aromatic rings. The standard InChI is InChI=1S/C28H27N3O2/c1-19-6-8-20(9-7-19)14-15-30-28(33)22-12-10-21(11-13-22)16-26-25-5-3-2-4-24(25)23(18-31-26)17-27(29)32/h2-13,18H,14-17H2,1H3,(H2,29,32)(H,30,33). The van der Waals surface area contributed by atoms with E-state index in [4.69, 9.17) is 5.73 Å². The Morgan fingerprint density at radius 1 is 0.879 bits per heavy atom. The maximum Gasteiger partial charge on any atom is 0.251 e. The average Bonchev–Trinajstić information content (AvgIpc) is 2.82. The van der Waals surface area contributed by atoms with Gasteiger partial charge in [-0.25, -0.2) is 0 Å². The highest BCUT2D eigenvalue weighted by molar-refractivity contribution is 5.94. The number of carbonyl (C=O) groups excluding carboxylic acids is 2. The molecular weight excluding hydrogens is 410 g/mol. The quantitative estimate of drug-likeness (QED) is 0.435. The number of hydrogen-bond donors (Lipinski definition) is 2. The lowest BCUT2D eigenvalue weighted by atomic mass is 9.99. The molecule has 0 aliphatic heterocycles. The summed E-state index contributed by atoms with van der Waals surface area (Å²) in [6.45, 7) is 2.66. The molecule has 0 aliphatic rings. The highest BCUT2D eigenvalue weighted by Gasteiger charge is 2.11. The minimum atomic E-state index is -0.373. The fourth-order valence-corrected chi connectivity index (χ4v) is 3.92. The van der Waals surface area contributed by atoms with Crippen LogP contribution in [0.25, 0.3) is 10.8 Å². The molecule has 3 aromatic carbocycles. The normalized spacial score (nSPS) is 10.8. The molecule has 33 heavy (non-hydrogen) atoms. The van der Waals surface area contributed by atoms with Crippen LogP contribution in [0.15, 0.2) is 79.0 Å². The van der Waals surface area contributed by atoms with Gasteiger partial charge in [-0.1, -0.05) is 66.2 Å². The van der Waals surface area contributed by atoms with Crippen molar-refractivity contribution in [2.75, 3.05) is 6.54 Å². The zero-order valence-corrected chi connectivity index (χ0v) is 18.7. The Bertz CT molecular complexity index is 1280. The highest BCUT2D eigenvalue weighted by atomic mass is 16.2. The molecule has 0 spiro atoms. The zero-order valence-electron chi connectivity index (χ0n) is 18.7. The summed E-state index contributed by atoms with van der Waals surface area (Å²) in [5.41, 5.74) is 11.3. The van der Waals surface area contributed by atoms with Crippen molar-refractivity contribution in [1.29, 1.82) is 0 Å². The second kappa shape index (κ2) is 10.1. The topological polar surface area (TPSA) is 85.1 Å². The minimum absolute atomic E-state index is 0.0759. The highest BCUT2D eigenvalue weighted by Crippen LogP contribution is 2.23. The van der Waals surface area contributed by atoms with Crippen molar-refractivity contribution in [3.8, 4) is 0 Å². The van der Waals surface area contributed by atoms with Gasteiger partial charge < -0.3 is 11.1 Å². The summed E-state index contributed by atoms with van der Waals surface area (Å²) in [5, 5.41) is 4.99. The molecule has 0 bridgehead atoms. The van der Waals surface area contributed by atoms with Crippen LogP contribution < -0.4 is 11.1 Å². The summed E-state index contributed by atoms with van der Waals surface area (Å²) in [5.74, 6) is -0.449. The molecule has 0 aliphatic carbocycles. The van der Waals surface area contributed by atoms with Gasteiger partial charge in [0.15, 0.2) is 0 Å². The van der Waals surface area contributed by atoms with Crippen LogP contribution in [-0.2, 0) is 24.1 Å². The van der Waals surface area contributed by atoms with E-state index in [0.717, 1.165) is 34.0 Å². The van der Waals surface area contributed by atoms with Crippen LogP contribution in [0.2, 0.25) is 0 Å². The summed E-state index contributed by atoms with van der Waals surface area (Å²) < 4.78 is 0. The number of pyridine rings is 1. The lowest BCUT2D eigenvalue weighted by Crippen LogP contribution is -2.25. The van der Waals surface area contributed by atoms with Crippen molar-refractivity contribution in [3.05, 3.63) is 113 Å². The molecule has 0 fully saturated rings. The number of hydrogen-bond acceptors (Lipinski definition) is 3. The van der Waals surface area contributed by atoms with Crippen LogP contribution in [0.3, 0.4) is 0 Å². The molecule has 2 amide bonds. The zero-order chi connectivity index (χ0) is 23.2. The van der Waals surface area contributed by atoms with Gasteiger partial charge in [-0.2, -0.15) is 0 Å². The van der Waals surface area contributed by atoms with Gasteiger partial charge in [0.25, 0.3) is 5.91 Å². The van der Waals surface area contributed by atoms with Gasteiger partial charge in [-0.15, -0.1) is 0 Å². The molecule has 0 saturated carbocycles. The molecule has 0 atom stereocenters. The average molecular weight is 438 g/mol. The van der Waals surface area contributed by atoms with E-state index in [1.165, 1.54) is 11.1 Å². The number of rotatable bonds is 8. The first-order chi connectivity index (χ1) is 16.0. The second-order valence-electron chi connectivity index (χ2n) is 8.28. The van der Waals surface area contributed by atoms with Gasteiger partial charge in [-0.3, -0.25) is 14.6 Å². The first kappa shape index (κ1) is 22.2. The third kappa shape index (κ3) is 5.63. The number of aryl methyl sites for hydroxylation is 1. The Labute approximate surface area is 193 Å². The van der Waals surface area contributed by atoms with Gasteiger partial charge in [0, 0.05) is 30.1 Å². The van der Waals surface area contributed by atoms with Gasteiger partial charge in [0.05, 0.1) is 12.1 Å². The molecule has 3 N–H and O–H groups in total. The van der Waals surface area contributed by atoms with Crippen molar-refractivity contribution in [3.63, 3.8) is 0 Å². The molecule has 0 radical (unpaired) electrons. The number of nitrogens with two attached hydrogens (primary N) is 1. The SMILES string of the molecule is Cc1ccc(CCNC(=O)c2ccc(Cc3ncc(CC(N)=O)c4ccccc34)cc2)cc1. The van der Waals surface area contributed by atoms with Gasteiger partial charge >= 0.3 is 0 Å². The molecule has 166 valence electrons. The number of primary amides is 1. The summed E-state index contributed by atoms with van der Waals surface area (Å²) in [4.78, 5) is 28.5. The fraction of sp³-hybridized carbons (Fsp3) is 0.179. The molecule has 0 saturated heterocycles. The first-order valence-corrected chi connectivity index (χ1v) is 11.1. The number of nitrogens with one attached hydrogen (secondary N) is 1. The lowest BCUT2D eigenvalue weighted by Gasteiger charge is -2.10. The van der Waals surface area contributed by atoms with Gasteiger partial charge in [0.1, 0.15) is 0 Å². The Hall–Kier alpha value is -3.99. The third-order valence-corrected chi connectivity index (χ3v) is 5.73. The third-order valence-electron chi connectivity index (χ3n) is 5.73. The van der Waals surface area contributed by atoms with Crippen LogP contribution >= 0.6 is 0 Å². The maximum absolute atomic E-state index is 12.5. The minimum Gasteiger partial charge on any atom is -0.369 e. The number of amides is 2. The second-order valence-corrected chi connectivity index (χ2v) is 8.28. The largest absolute Gasteiger partial charge is 0.369 e. The van der Waals surface area contributed by atoms with Crippen molar-refractivity contribution in [2.45, 2.75) is 26.2 Å². The van der Waals surface area contributed by atoms with E-state index in [2.05, 4.69) is 41.5 Å². The van der Waals surface area contributed by atoms with Crippen molar-refractivity contribution in [1.82, 2.24) is 10.3 Å². The van der Waals surface area contributed by atoms with Crippen LogP contribution in [0.4, 0.5) is 0 Å². The Kier molecular flexibility index (Phi) is 6.79. The summed E-state index contributed by atoms with van der Waals surface area (Å²) in [6.07, 6.45) is 3.33. The Morgan fingerprint density at radius 2 is 1.55 bits per heavy atom. The van der Waals surface area contributed by atoms with E-state index in [0.29, 0.717) is 18.5 Å². The van der Waals surface area contributed by atoms with Crippen molar-refractivity contribution in [2.24, 2.45) is 5.73 Å². The fourth-order valence-electron chi connectivity index (χ4n) is 3.92. The smallest absolute Gasteiger partial charge is 0.251 e. The lowest BCUT2D eigenvalue weighted by molar-refractivity contribution is -0.117. The van der Waals surface area contributed by atoms with E-state index < -0.39 is 0 Å². The summed E-state index contributed by atoms with van der Waals surface area (Å²) >= 11 is 0. The van der Waals surface area contributed by atoms with E-state index in [-0.39, 0.29) is 18.2 Å². The molecule has 0 unspecified atom stereocenters. The van der Waals surface area contributed by atoms with Crippen LogP contribution in [-0.4, -0.2) is 23.3 Å². The maximum atomic E-state index is 12.5. The Morgan fingerprint density at radius 3 is 2.24 bits per heavy atom. The predicted molar refractivity (Wildman–Crippen MR) is 131 cm³/mol. The molecule has 4 rings (SSSR count). The number of nitrogens with zero attached hydrogens (tertiary/aromatic N) is 1. The first-order valence-electron chi connectivity index (χ1n) is 11.1. The molecule has 1 heterocycles. The van der Waals surface area contributed by atoms with Crippen molar-refractivity contribution >= 4 is 22.6 Å². The van der Waals surface area contributed by atoms with E-state index in [1.54, 1.807) is 6.20 Å². The number of fused-ring (bicyclic) bond motifs is 1. The summed E-state index contributed by atoms with van der Waals surface area (Å²) in [7, 11) is 0. The van der Waals surface area contributed by atoms with Crippen molar-refractivity contribution < 1.29 is 9.59 Å². The Balaban J connectivity index is 1.41. The molecule has 1 aromatic heterocycles. The summed E-state index contributed by atoms with van der Waals surface area (Å²) in [6, 6.07) is 23.9. The van der Waals surface area contributed by atoms with Crippen LogP contribution in [0.1, 0.15) is 38.3 Å². The van der Waals surface area contributed by atoms with E-state index >= 15 is 0 Å². The van der Waals surface area contributed by atoms with Crippen LogP contribution in [0, 0.1) is 6.92 Å². The van der Waals surface area contributed by atoms with E-state index in [1.807, 2.05) is 48.5 Å². The van der Waals surface area contributed by atoms with Gasteiger partial charge in [-0.05, 0) is 47.6 Å². The molecule has 5 nitrogen and oxygen atoms in total. The molecule has 5 heteroatoms. The monoisotopic (exact) mass is 437 g/mol. The predicted octanol–water partition coefficient (Wildman–Crippen LogP) is 4.13. The number of aromatic nitrogens is 1. The van der Waals surface area contributed by atoms with Crippen LogP contribution in [0.5, 0.6) is 0 Å². The van der Waals surface area contributed by atoms with E-state index in [9.17, 15) is 9.59 Å². The van der Waals surface area contributed by atoms with Gasteiger partial charge in [0.2, 0.25) is 5.91 Å². The molecular formula is C28H27N3O2.